The van der Waals surface area contributed by atoms with Gasteiger partial charge in [-0.2, -0.15) is 0 Å². The van der Waals surface area contributed by atoms with E-state index in [1.807, 2.05) is 30.3 Å². The maximum Gasteiger partial charge on any atom is 0.257 e. The summed E-state index contributed by atoms with van der Waals surface area (Å²) in [6.07, 6.45) is 0. The molecular weight excluding hydrogens is 356 g/mol. The average molecular weight is 379 g/mol. The molecule has 1 N–H and O–H groups in total. The minimum Gasteiger partial charge on any atom is -0.478 e. The molecule has 0 unspecified atom stereocenters. The number of piperazine rings is 1. The molecule has 1 fully saturated rings. The quantitative estimate of drug-likeness (QED) is 0.737. The third kappa shape index (κ3) is 3.18. The molecule has 5 rings (SSSR count). The van der Waals surface area contributed by atoms with Crippen LogP contribution in [0.5, 0.6) is 17.4 Å². The average Bonchev–Trinajstić information content (AvgIpc) is 3.21. The van der Waals surface area contributed by atoms with Crippen molar-refractivity contribution in [3.8, 4) is 17.4 Å². The molecule has 7 heteroatoms. The number of aromatic nitrogens is 2. The number of nitrogens with one attached hydrogen (secondary N) is 1. The molecule has 0 spiro atoms. The number of fused-ring (bicyclic) bond motifs is 2. The molecule has 0 atom stereocenters. The van der Waals surface area contributed by atoms with Crippen molar-refractivity contribution in [3.63, 3.8) is 0 Å². The predicted molar refractivity (Wildman–Crippen MR) is 105 cm³/mol. The highest BCUT2D eigenvalue weighted by Crippen LogP contribution is 2.32. The van der Waals surface area contributed by atoms with Crippen molar-refractivity contribution in [2.24, 2.45) is 0 Å². The van der Waals surface area contributed by atoms with Gasteiger partial charge >= 0.3 is 0 Å². The highest BCUT2D eigenvalue weighted by molar-refractivity contribution is 5.77. The molecule has 1 aromatic heterocycles. The van der Waals surface area contributed by atoms with Crippen molar-refractivity contribution in [3.05, 3.63) is 48.0 Å². The summed E-state index contributed by atoms with van der Waals surface area (Å²) in [5.74, 6) is 3.12. The van der Waals surface area contributed by atoms with Crippen LogP contribution in [0.25, 0.3) is 11.0 Å². The van der Waals surface area contributed by atoms with Gasteiger partial charge in [0.05, 0.1) is 44.3 Å². The number of nitrogens with zero attached hydrogens (tertiary/aromatic N) is 3. The van der Waals surface area contributed by atoms with Crippen LogP contribution in [0.3, 0.4) is 0 Å². The van der Waals surface area contributed by atoms with Crippen LogP contribution in [0, 0.1) is 0 Å². The molecule has 2 aromatic carbocycles. The molecule has 28 heavy (non-hydrogen) atoms. The molecule has 1 saturated heterocycles. The Hall–Kier alpha value is -3.06. The number of benzene rings is 2. The van der Waals surface area contributed by atoms with Crippen LogP contribution < -0.4 is 24.0 Å². The van der Waals surface area contributed by atoms with Gasteiger partial charge in [-0.1, -0.05) is 12.1 Å². The molecule has 0 aliphatic carbocycles. The molecule has 7 nitrogen and oxygen atoms in total. The van der Waals surface area contributed by atoms with Gasteiger partial charge in [0.2, 0.25) is 6.79 Å². The number of ether oxygens (including phenoxy) is 3. The maximum atomic E-state index is 5.52. The lowest BCUT2D eigenvalue weighted by molar-refractivity contribution is -0.914. The smallest absolute Gasteiger partial charge is 0.257 e. The molecule has 144 valence electrons. The highest BCUT2D eigenvalue weighted by atomic mass is 16.7. The first-order chi connectivity index (χ1) is 13.8. The molecule has 2 aliphatic heterocycles. The van der Waals surface area contributed by atoms with Crippen molar-refractivity contribution in [1.29, 1.82) is 0 Å². The third-order valence-electron chi connectivity index (χ3n) is 5.38. The number of hydrogen-bond acceptors (Lipinski definition) is 6. The van der Waals surface area contributed by atoms with E-state index in [1.54, 1.807) is 12.0 Å². The first-order valence-electron chi connectivity index (χ1n) is 9.58. The van der Waals surface area contributed by atoms with Gasteiger partial charge in [0.25, 0.3) is 5.88 Å². The Morgan fingerprint density at radius 3 is 2.54 bits per heavy atom. The number of hydrogen-bond donors (Lipinski definition) is 1. The zero-order chi connectivity index (χ0) is 18.9. The Morgan fingerprint density at radius 2 is 1.75 bits per heavy atom. The molecule has 0 bridgehead atoms. The van der Waals surface area contributed by atoms with E-state index in [0.717, 1.165) is 61.1 Å². The number of para-hydroxylation sites is 2. The monoisotopic (exact) mass is 379 g/mol. The Kier molecular flexibility index (Phi) is 4.37. The summed E-state index contributed by atoms with van der Waals surface area (Å²) >= 11 is 0. The van der Waals surface area contributed by atoms with Crippen LogP contribution in [0.4, 0.5) is 5.82 Å². The largest absolute Gasteiger partial charge is 0.478 e. The van der Waals surface area contributed by atoms with Gasteiger partial charge in [-0.05, 0) is 30.3 Å². The fourth-order valence-electron chi connectivity index (χ4n) is 3.87. The van der Waals surface area contributed by atoms with Gasteiger partial charge in [-0.15, -0.1) is 0 Å². The summed E-state index contributed by atoms with van der Waals surface area (Å²) in [7, 11) is 1.66. The molecule has 3 aromatic rings. The topological polar surface area (TPSA) is 61.2 Å². The van der Waals surface area contributed by atoms with Crippen LogP contribution in [0.2, 0.25) is 0 Å². The minimum absolute atomic E-state index is 0.318. The van der Waals surface area contributed by atoms with Gasteiger partial charge < -0.3 is 24.0 Å². The summed E-state index contributed by atoms with van der Waals surface area (Å²) in [6, 6.07) is 14.1. The second-order valence-corrected chi connectivity index (χ2v) is 7.15. The summed E-state index contributed by atoms with van der Waals surface area (Å²) in [5.41, 5.74) is 3.03. The zero-order valence-corrected chi connectivity index (χ0v) is 15.9. The van der Waals surface area contributed by atoms with Gasteiger partial charge in [0.1, 0.15) is 6.54 Å². The Balaban J connectivity index is 1.29. The van der Waals surface area contributed by atoms with Gasteiger partial charge in [0.15, 0.2) is 17.3 Å². The Bertz CT molecular complexity index is 1000. The van der Waals surface area contributed by atoms with Crippen LogP contribution in [0.15, 0.2) is 42.5 Å². The van der Waals surface area contributed by atoms with E-state index in [1.165, 1.54) is 5.56 Å². The number of rotatable bonds is 4. The van der Waals surface area contributed by atoms with Crippen LogP contribution in [-0.2, 0) is 6.54 Å². The first-order valence-corrected chi connectivity index (χ1v) is 9.58. The maximum absolute atomic E-state index is 5.52. The summed E-state index contributed by atoms with van der Waals surface area (Å²) in [5, 5.41) is 0. The summed E-state index contributed by atoms with van der Waals surface area (Å²) < 4.78 is 16.4. The molecular formula is C21H23N4O3+. The van der Waals surface area contributed by atoms with E-state index < -0.39 is 0 Å². The first kappa shape index (κ1) is 17.1. The fourth-order valence-corrected chi connectivity index (χ4v) is 3.87. The van der Waals surface area contributed by atoms with Crippen LogP contribution in [0.1, 0.15) is 5.56 Å². The number of anilines is 1. The molecule has 0 saturated carbocycles. The van der Waals surface area contributed by atoms with E-state index in [0.29, 0.717) is 12.7 Å². The van der Waals surface area contributed by atoms with Crippen molar-refractivity contribution >= 4 is 16.9 Å². The van der Waals surface area contributed by atoms with E-state index in [2.05, 4.69) is 22.0 Å². The number of quaternary nitrogens is 1. The molecule has 0 radical (unpaired) electrons. The summed E-state index contributed by atoms with van der Waals surface area (Å²) in [4.78, 5) is 13.3. The lowest BCUT2D eigenvalue weighted by Crippen LogP contribution is -3.13. The summed E-state index contributed by atoms with van der Waals surface area (Å²) in [6.45, 7) is 5.20. The minimum atomic E-state index is 0.318. The highest BCUT2D eigenvalue weighted by Gasteiger charge is 2.25. The lowest BCUT2D eigenvalue weighted by atomic mass is 10.1. The van der Waals surface area contributed by atoms with Gasteiger partial charge in [0, 0.05) is 5.56 Å². The fraction of sp³-hybridized carbons (Fsp3) is 0.333. The van der Waals surface area contributed by atoms with Crippen molar-refractivity contribution in [2.45, 2.75) is 6.54 Å². The van der Waals surface area contributed by atoms with Gasteiger partial charge in [-0.25, -0.2) is 9.97 Å². The molecule has 0 amide bonds. The standard InChI is InChI=1S/C21H22N4O3/c1-26-21-20(22-16-4-2-3-5-17(16)23-21)25-10-8-24(9-11-25)13-15-6-7-18-19(12-15)28-14-27-18/h2-7,12H,8-11,13-14H2,1H3/p+1. The Morgan fingerprint density at radius 1 is 1.00 bits per heavy atom. The van der Waals surface area contributed by atoms with Crippen molar-refractivity contribution in [2.75, 3.05) is 45.0 Å². The third-order valence-corrected chi connectivity index (χ3v) is 5.38. The van der Waals surface area contributed by atoms with Crippen LogP contribution in [-0.4, -0.2) is 50.0 Å². The normalized spacial score (nSPS) is 16.5. The predicted octanol–water partition coefficient (Wildman–Crippen LogP) is 1.27. The molecule has 2 aliphatic rings. The van der Waals surface area contributed by atoms with E-state index in [9.17, 15) is 0 Å². The van der Waals surface area contributed by atoms with E-state index in [-0.39, 0.29) is 0 Å². The van der Waals surface area contributed by atoms with Crippen molar-refractivity contribution < 1.29 is 19.1 Å². The van der Waals surface area contributed by atoms with Crippen LogP contribution >= 0.6 is 0 Å². The Labute approximate surface area is 163 Å². The second-order valence-electron chi connectivity index (χ2n) is 7.15. The zero-order valence-electron chi connectivity index (χ0n) is 15.9. The van der Waals surface area contributed by atoms with Crippen molar-refractivity contribution in [1.82, 2.24) is 9.97 Å². The van der Waals surface area contributed by atoms with E-state index in [4.69, 9.17) is 19.2 Å². The lowest BCUT2D eigenvalue weighted by Gasteiger charge is -2.33. The van der Waals surface area contributed by atoms with Gasteiger partial charge in [-0.3, -0.25) is 0 Å². The second kappa shape index (κ2) is 7.16. The number of methoxy groups -OCH3 is 1. The molecule has 3 heterocycles. The SMILES string of the molecule is COc1nc2ccccc2nc1N1CC[NH+](Cc2ccc3c(c2)OCO3)CC1. The van der Waals surface area contributed by atoms with E-state index >= 15 is 0 Å².